The van der Waals surface area contributed by atoms with Gasteiger partial charge in [-0.25, -0.2) is 0 Å². The van der Waals surface area contributed by atoms with Crippen molar-refractivity contribution in [2.45, 2.75) is 25.1 Å². The minimum Gasteiger partial charge on any atom is -0.0598 e. The Kier molecular flexibility index (Phi) is 0.220. The minimum absolute atomic E-state index is 0.854. The topological polar surface area (TPSA) is 0 Å². The molecule has 0 aliphatic heterocycles. The van der Waals surface area contributed by atoms with Gasteiger partial charge in [0.15, 0.2) is 0 Å². The lowest BCUT2D eigenvalue weighted by Gasteiger charge is -1.83. The molecule has 0 nitrogen and oxygen atoms in total. The Balaban J connectivity index is 2.34. The molecule has 2 aliphatic rings. The molecular formula is C5H9B. The van der Waals surface area contributed by atoms with Gasteiger partial charge in [0.05, 0.1) is 0 Å². The van der Waals surface area contributed by atoms with E-state index in [0.29, 0.717) is 0 Å². The molecule has 0 aromatic carbocycles. The summed E-state index contributed by atoms with van der Waals surface area (Å²) in [5.74, 6) is 0. The van der Waals surface area contributed by atoms with Crippen molar-refractivity contribution < 1.29 is 0 Å². The average Bonchev–Trinajstić information content (AvgIpc) is 1.78. The lowest BCUT2D eigenvalue weighted by atomic mass is 9.92. The molecular weight excluding hydrogens is 70.9 g/mol. The van der Waals surface area contributed by atoms with E-state index in [1.165, 1.54) is 12.8 Å². The van der Waals surface area contributed by atoms with Gasteiger partial charge in [0.2, 0.25) is 0 Å². The van der Waals surface area contributed by atoms with E-state index in [2.05, 4.69) is 14.8 Å². The Morgan fingerprint density at radius 1 is 1.50 bits per heavy atom. The third-order valence-corrected chi connectivity index (χ3v) is 2.77. The Morgan fingerprint density at radius 2 is 1.67 bits per heavy atom. The molecule has 0 atom stereocenters. The molecule has 0 bridgehead atoms. The van der Waals surface area contributed by atoms with Crippen LogP contribution in [0.3, 0.4) is 0 Å². The summed E-state index contributed by atoms with van der Waals surface area (Å²) in [6.45, 7) is 2.38. The van der Waals surface area contributed by atoms with Gasteiger partial charge in [-0.3, -0.25) is 0 Å². The molecule has 0 N–H and O–H groups in total. The second-order valence-electron chi connectivity index (χ2n) is 3.47. The van der Waals surface area contributed by atoms with Crippen molar-refractivity contribution in [2.24, 2.45) is 5.41 Å². The van der Waals surface area contributed by atoms with Crippen LogP contribution in [0, 0.1) is 5.41 Å². The first kappa shape index (κ1) is 3.12. The number of hydrogen-bond donors (Lipinski definition) is 0. The van der Waals surface area contributed by atoms with Crippen LogP contribution in [-0.4, -0.2) is 7.85 Å². The first-order valence-corrected chi connectivity index (χ1v) is 2.66. The summed E-state index contributed by atoms with van der Waals surface area (Å²) in [6.07, 6.45) is 3.03. The lowest BCUT2D eigenvalue weighted by molar-refractivity contribution is 0.724. The van der Waals surface area contributed by atoms with Gasteiger partial charge < -0.3 is 0 Å². The van der Waals surface area contributed by atoms with Crippen LogP contribution >= 0.6 is 0 Å². The molecule has 2 rings (SSSR count). The molecule has 0 heterocycles. The van der Waals surface area contributed by atoms with Crippen LogP contribution in [0.15, 0.2) is 0 Å². The summed E-state index contributed by atoms with van der Waals surface area (Å²) in [6, 6.07) is 0. The lowest BCUT2D eigenvalue weighted by Crippen LogP contribution is -1.70. The highest BCUT2D eigenvalue weighted by atomic mass is 14.8. The van der Waals surface area contributed by atoms with Crippen LogP contribution in [0.4, 0.5) is 0 Å². The van der Waals surface area contributed by atoms with Crippen LogP contribution in [0.5, 0.6) is 0 Å². The molecule has 0 aromatic heterocycles. The molecule has 0 aromatic rings. The van der Waals surface area contributed by atoms with Crippen molar-refractivity contribution in [2.75, 3.05) is 0 Å². The van der Waals surface area contributed by atoms with Crippen molar-refractivity contribution in [3.63, 3.8) is 0 Å². The van der Waals surface area contributed by atoms with Crippen molar-refractivity contribution >= 4 is 7.85 Å². The fourth-order valence-electron chi connectivity index (χ4n) is 1.58. The van der Waals surface area contributed by atoms with Crippen molar-refractivity contribution in [3.05, 3.63) is 0 Å². The summed E-state index contributed by atoms with van der Waals surface area (Å²) >= 11 is 0. The molecule has 0 spiro atoms. The molecule has 0 amide bonds. The summed E-state index contributed by atoms with van der Waals surface area (Å²) in [5, 5.41) is 0.854. The summed E-state index contributed by atoms with van der Waals surface area (Å²) in [7, 11) is 2.38. The van der Waals surface area contributed by atoms with Gasteiger partial charge in [0.25, 0.3) is 0 Å². The highest BCUT2D eigenvalue weighted by Gasteiger charge is 2.75. The first-order chi connectivity index (χ1) is 2.66. The largest absolute Gasteiger partial charge is 0.110 e. The molecule has 0 radical (unpaired) electrons. The Labute approximate surface area is 39.3 Å². The Morgan fingerprint density at radius 3 is 1.67 bits per heavy atom. The number of fused-ring (bicyclic) bond motifs is 1. The van der Waals surface area contributed by atoms with Crippen LogP contribution in [0.25, 0.3) is 0 Å². The fraction of sp³-hybridized carbons (Fsp3) is 1.00. The smallest absolute Gasteiger partial charge is 0.0598 e. The highest BCUT2D eigenvalue weighted by Crippen LogP contribution is 2.90. The normalized spacial score (nSPS) is 72.8. The van der Waals surface area contributed by atoms with Crippen molar-refractivity contribution in [1.29, 1.82) is 0 Å². The third-order valence-electron chi connectivity index (χ3n) is 2.77. The summed E-state index contributed by atoms with van der Waals surface area (Å²) < 4.78 is 0. The quantitative estimate of drug-likeness (QED) is 0.373. The zero-order chi connectivity index (χ0) is 4.41. The average molecular weight is 79.9 g/mol. The zero-order valence-corrected chi connectivity index (χ0v) is 4.41. The molecule has 6 heavy (non-hydrogen) atoms. The predicted molar refractivity (Wildman–Crippen MR) is 28.6 cm³/mol. The van der Waals surface area contributed by atoms with E-state index in [4.69, 9.17) is 0 Å². The van der Waals surface area contributed by atoms with E-state index >= 15 is 0 Å². The molecule has 1 heteroatoms. The van der Waals surface area contributed by atoms with E-state index in [-0.39, 0.29) is 0 Å². The maximum atomic E-state index is 2.38. The van der Waals surface area contributed by atoms with Gasteiger partial charge >= 0.3 is 0 Å². The number of hydrogen-bond acceptors (Lipinski definition) is 0. The number of rotatable bonds is 0. The van der Waals surface area contributed by atoms with E-state index in [1.807, 2.05) is 0 Å². The van der Waals surface area contributed by atoms with E-state index in [1.54, 1.807) is 0 Å². The summed E-state index contributed by atoms with van der Waals surface area (Å²) in [4.78, 5) is 0. The molecule has 32 valence electrons. The second-order valence-corrected chi connectivity index (χ2v) is 3.47. The Hall–Kier alpha value is 0.0649. The van der Waals surface area contributed by atoms with Crippen molar-refractivity contribution in [3.8, 4) is 0 Å². The SMILES string of the molecule is BC12CC1(C)C2. The van der Waals surface area contributed by atoms with Gasteiger partial charge in [-0.2, -0.15) is 0 Å². The van der Waals surface area contributed by atoms with E-state index in [9.17, 15) is 0 Å². The monoisotopic (exact) mass is 80.1 g/mol. The van der Waals surface area contributed by atoms with Crippen LogP contribution in [0.1, 0.15) is 19.8 Å². The maximum absolute atomic E-state index is 2.38. The van der Waals surface area contributed by atoms with Crippen LogP contribution in [-0.2, 0) is 0 Å². The standard InChI is InChI=1S/C5H9B/c1-4-2-5(4,6)3-4/h2-3,6H2,1H3. The highest BCUT2D eigenvalue weighted by molar-refractivity contribution is 6.21. The van der Waals surface area contributed by atoms with E-state index in [0.717, 1.165) is 10.7 Å². The van der Waals surface area contributed by atoms with Gasteiger partial charge in [0, 0.05) is 0 Å². The first-order valence-electron chi connectivity index (χ1n) is 2.66. The zero-order valence-electron chi connectivity index (χ0n) is 4.41. The van der Waals surface area contributed by atoms with Crippen LogP contribution < -0.4 is 0 Å². The van der Waals surface area contributed by atoms with Gasteiger partial charge in [-0.15, -0.1) is 0 Å². The van der Waals surface area contributed by atoms with Crippen molar-refractivity contribution in [1.82, 2.24) is 0 Å². The fourth-order valence-corrected chi connectivity index (χ4v) is 1.58. The molecule has 0 saturated heterocycles. The maximum Gasteiger partial charge on any atom is 0.110 e. The van der Waals surface area contributed by atoms with Gasteiger partial charge in [-0.1, -0.05) is 12.2 Å². The second kappa shape index (κ2) is 0.423. The Bertz CT molecular complexity index is 88.5. The van der Waals surface area contributed by atoms with Gasteiger partial charge in [-0.05, 0) is 18.3 Å². The molecule has 2 saturated carbocycles. The molecule has 2 fully saturated rings. The minimum atomic E-state index is 0.854. The van der Waals surface area contributed by atoms with Gasteiger partial charge in [0.1, 0.15) is 7.85 Å². The van der Waals surface area contributed by atoms with E-state index < -0.39 is 0 Å². The summed E-state index contributed by atoms with van der Waals surface area (Å²) in [5.41, 5.74) is 0.854. The predicted octanol–water partition coefficient (Wildman–Crippen LogP) is 0.592. The van der Waals surface area contributed by atoms with Crippen LogP contribution in [0.2, 0.25) is 5.31 Å². The third kappa shape index (κ3) is 0.131. The molecule has 0 unspecified atom stereocenters. The molecule has 2 aliphatic carbocycles.